The number of aromatic nitrogens is 5. The van der Waals surface area contributed by atoms with Gasteiger partial charge < -0.3 is 19.9 Å². The molecule has 0 radical (unpaired) electrons. The third-order valence-corrected chi connectivity index (χ3v) is 14.7. The molecule has 0 saturated heterocycles. The van der Waals surface area contributed by atoms with E-state index in [1.165, 1.54) is 5.56 Å². The second-order valence-electron chi connectivity index (χ2n) is 20.2. The smallest absolute Gasteiger partial charge is 0.333 e. The summed E-state index contributed by atoms with van der Waals surface area (Å²) in [6.07, 6.45) is 5.43. The van der Waals surface area contributed by atoms with Crippen molar-refractivity contribution in [3.05, 3.63) is 302 Å². The minimum Gasteiger partial charge on any atom is -0.333 e. The van der Waals surface area contributed by atoms with Crippen LogP contribution in [0.1, 0.15) is 16.7 Å². The average Bonchev–Trinajstić information content (AvgIpc) is 2.23. The Hall–Kier alpha value is -9.35. The van der Waals surface area contributed by atoms with Crippen LogP contribution in [0.2, 0.25) is 0 Å². The van der Waals surface area contributed by atoms with Crippen LogP contribution in [0.15, 0.2) is 255 Å². The number of nitrogens with zero attached hydrogens (tertiary/aromatic N) is 6. The molecule has 404 valence electrons. The monoisotopic (exact) mass is 1440 g/mol. The molecule has 4 heterocycles. The van der Waals surface area contributed by atoms with E-state index in [1.54, 1.807) is 6.20 Å². The summed E-state index contributed by atoms with van der Waals surface area (Å²) in [5.41, 5.74) is 23.3. The summed E-state index contributed by atoms with van der Waals surface area (Å²) < 4.78 is 0. The Labute approximate surface area is 519 Å². The number of pyridine rings is 3. The molecule has 4 aromatic heterocycles. The van der Waals surface area contributed by atoms with Crippen LogP contribution < -0.4 is 4.90 Å². The van der Waals surface area contributed by atoms with Gasteiger partial charge in [-0.05, 0) is 131 Å². The number of hydrogen-bond donors (Lipinski definition) is 0. The molecule has 0 bridgehead atoms. The van der Waals surface area contributed by atoms with E-state index in [1.807, 2.05) is 109 Å². The third kappa shape index (κ3) is 11.8. The number of anilines is 3. The molecule has 0 N–H and O–H groups in total. The molecule has 84 heavy (non-hydrogen) atoms. The van der Waals surface area contributed by atoms with Crippen molar-refractivity contribution in [2.45, 2.75) is 20.8 Å². The molecule has 0 aliphatic rings. The number of hydrogen-bond acceptors (Lipinski definition) is 6. The summed E-state index contributed by atoms with van der Waals surface area (Å²) >= 11 is 0. The molecule has 9 aromatic carbocycles. The van der Waals surface area contributed by atoms with Crippen LogP contribution in [0.4, 0.5) is 17.3 Å². The topological polar surface area (TPSA) is 67.7 Å². The van der Waals surface area contributed by atoms with Crippen molar-refractivity contribution in [2.24, 2.45) is 0 Å². The van der Waals surface area contributed by atoms with Crippen LogP contribution in [0, 0.1) is 51.1 Å². The zero-order valence-electron chi connectivity index (χ0n) is 46.1. The van der Waals surface area contributed by atoms with Gasteiger partial charge in [-0.2, -0.15) is 5.56 Å². The van der Waals surface area contributed by atoms with Crippen LogP contribution in [0.25, 0.3) is 112 Å². The Morgan fingerprint density at radius 3 is 1.27 bits per heavy atom. The first-order chi connectivity index (χ1) is 40.4. The Morgan fingerprint density at radius 1 is 0.345 bits per heavy atom. The second kappa shape index (κ2) is 25.4. The van der Waals surface area contributed by atoms with Gasteiger partial charge in [0, 0.05) is 18.6 Å². The van der Waals surface area contributed by atoms with E-state index in [4.69, 9.17) is 15.0 Å². The van der Waals surface area contributed by atoms with Crippen molar-refractivity contribution in [2.75, 3.05) is 4.90 Å². The van der Waals surface area contributed by atoms with Crippen LogP contribution in [-0.2, 0) is 41.2 Å². The van der Waals surface area contributed by atoms with Crippen LogP contribution in [0.3, 0.4) is 0 Å². The van der Waals surface area contributed by atoms with Gasteiger partial charge in [-0.1, -0.05) is 155 Å². The van der Waals surface area contributed by atoms with Crippen molar-refractivity contribution in [3.63, 3.8) is 0 Å². The molecule has 0 unspecified atom stereocenters. The average molecular weight is 1440 g/mol. The minimum absolute atomic E-state index is 0. The number of benzene rings is 9. The maximum Gasteiger partial charge on any atom is 3.00 e. The van der Waals surface area contributed by atoms with Gasteiger partial charge in [0.15, 0.2) is 0 Å². The van der Waals surface area contributed by atoms with Crippen molar-refractivity contribution >= 4 is 17.3 Å². The van der Waals surface area contributed by atoms with Gasteiger partial charge in [0.05, 0.1) is 5.69 Å². The molecule has 0 fully saturated rings. The van der Waals surface area contributed by atoms with E-state index in [9.17, 15) is 0 Å². The van der Waals surface area contributed by atoms with Crippen molar-refractivity contribution < 1.29 is 41.2 Å². The molecule has 8 heteroatoms. The van der Waals surface area contributed by atoms with Crippen LogP contribution >= 0.6 is 0 Å². The van der Waals surface area contributed by atoms with Gasteiger partial charge in [-0.15, -0.1) is 95.6 Å². The van der Waals surface area contributed by atoms with Gasteiger partial charge in [-0.3, -0.25) is 22.0 Å². The van der Waals surface area contributed by atoms with E-state index >= 15 is 0 Å². The third-order valence-electron chi connectivity index (χ3n) is 14.7. The summed E-state index contributed by atoms with van der Waals surface area (Å²) in [5.74, 6) is 1.91. The van der Waals surface area contributed by atoms with Crippen molar-refractivity contribution in [1.29, 1.82) is 0 Å². The molecule has 0 aliphatic heterocycles. The predicted octanol–water partition coefficient (Wildman–Crippen LogP) is 18.7. The minimum atomic E-state index is 0. The van der Waals surface area contributed by atoms with Crippen molar-refractivity contribution in [3.8, 4) is 112 Å². The molecule has 6 nitrogen and oxygen atoms in total. The van der Waals surface area contributed by atoms with E-state index in [0.717, 1.165) is 123 Å². The Kier molecular flexibility index (Phi) is 17.1. The first-order valence-electron chi connectivity index (χ1n) is 27.3. The molecular formula is C76H51IrN6Pt. The molecule has 0 spiro atoms. The first-order valence-corrected chi connectivity index (χ1v) is 27.3. The summed E-state index contributed by atoms with van der Waals surface area (Å²) in [7, 11) is 0. The Bertz CT molecular complexity index is 4240. The van der Waals surface area contributed by atoms with Gasteiger partial charge in [-0.25, -0.2) is 17.7 Å². The fourth-order valence-corrected chi connectivity index (χ4v) is 11.0. The Morgan fingerprint density at radius 2 is 0.798 bits per heavy atom. The first kappa shape index (κ1) is 56.5. The zero-order valence-corrected chi connectivity index (χ0v) is 50.7. The van der Waals surface area contributed by atoms with E-state index < -0.39 is 0 Å². The maximum atomic E-state index is 5.24. The largest absolute Gasteiger partial charge is 3.00 e. The number of rotatable bonds is 13. The van der Waals surface area contributed by atoms with Gasteiger partial charge in [0.1, 0.15) is 11.6 Å². The molecule has 0 aliphatic carbocycles. The molecule has 0 amide bonds. The van der Waals surface area contributed by atoms with E-state index in [2.05, 4.69) is 205 Å². The van der Waals surface area contributed by atoms with E-state index in [-0.39, 0.29) is 41.2 Å². The molecule has 0 atom stereocenters. The maximum absolute atomic E-state index is 5.24. The fourth-order valence-electron chi connectivity index (χ4n) is 11.0. The second-order valence-corrected chi connectivity index (χ2v) is 20.2. The van der Waals surface area contributed by atoms with Crippen LogP contribution in [-0.4, -0.2) is 24.9 Å². The van der Waals surface area contributed by atoms with Gasteiger partial charge in [0.2, 0.25) is 0 Å². The summed E-state index contributed by atoms with van der Waals surface area (Å²) in [5, 5.41) is 0. The van der Waals surface area contributed by atoms with E-state index in [0.29, 0.717) is 17.2 Å². The standard InChI is InChI=1S/C76H51N6.Ir.Pt/c1-51-46-52(2)75(53(3)47-51)82(73-29-17-28-72(80-73)57-18-5-4-6-19-57)74-42-45-79-76(81-74)60-40-34-56(35-41-60)66-22-9-12-25-69(66)63-49-61(67-23-10-7-20-64(67)54-30-36-58(37-31-54)70-26-13-15-43-77-70)48-62(50-63)68-24-11-8-21-65(68)55-32-38-59(39-33-55)71-27-14-16-44-78-71;;/h4-18,20-36,38,42-50H,1-3H3;;/q-5;+3;+2. The van der Waals surface area contributed by atoms with Crippen LogP contribution in [0.5, 0.6) is 0 Å². The van der Waals surface area contributed by atoms with Gasteiger partial charge >= 0.3 is 41.2 Å². The molecular weight excluding hydrogens is 1380 g/mol. The Balaban J connectivity index is 0.00000368. The SMILES string of the molecule is Cc1cc(C)c(N(c2cccc(-c3[c-]cccc3)n2)c2ccnc(-c3[c-]cc(-c4ccccc4-c4cc(-c5ccccc5-c5c[c-]c(-c6ccccn6)cc5)cc(-c5ccccc5-c5c[c-]c(-c6ccccn6)cc5)c4)c[c-]3)n2)c(C)c1.[Ir+3].[Pt+2]. The molecule has 13 aromatic rings. The summed E-state index contributed by atoms with van der Waals surface area (Å²) in [4.78, 5) is 26.5. The van der Waals surface area contributed by atoms with Crippen molar-refractivity contribution in [1.82, 2.24) is 24.9 Å². The molecule has 0 saturated carbocycles. The summed E-state index contributed by atoms with van der Waals surface area (Å²) in [6.45, 7) is 6.40. The zero-order chi connectivity index (χ0) is 55.4. The molecule has 13 rings (SSSR count). The fraction of sp³-hybridized carbons (Fsp3) is 0.0395. The predicted molar refractivity (Wildman–Crippen MR) is 333 cm³/mol. The normalized spacial score (nSPS) is 10.8. The number of aryl methyl sites for hydroxylation is 3. The van der Waals surface area contributed by atoms with Gasteiger partial charge in [0.25, 0.3) is 0 Å². The quantitative estimate of drug-likeness (QED) is 0.107. The summed E-state index contributed by atoms with van der Waals surface area (Å²) in [6, 6.07) is 99.3.